The molecule has 1 heterocycles. The Hall–Kier alpha value is -0.410. The molecule has 0 radical (unpaired) electrons. The zero-order valence-corrected chi connectivity index (χ0v) is 8.53. The summed E-state index contributed by atoms with van der Waals surface area (Å²) in [5.41, 5.74) is 1.89. The lowest BCUT2D eigenvalue weighted by Gasteiger charge is -2.10. The van der Waals surface area contributed by atoms with Crippen molar-refractivity contribution >= 4 is 11.3 Å². The van der Waals surface area contributed by atoms with Gasteiger partial charge in [0.1, 0.15) is 0 Å². The van der Waals surface area contributed by atoms with Crippen molar-refractivity contribution in [1.29, 1.82) is 0 Å². The predicted octanol–water partition coefficient (Wildman–Crippen LogP) is 2.07. The third-order valence-corrected chi connectivity index (χ3v) is 2.54. The molecule has 0 fully saturated rings. The van der Waals surface area contributed by atoms with Crippen LogP contribution in [0.3, 0.4) is 0 Å². The lowest BCUT2D eigenvalue weighted by atomic mass is 10.2. The Kier molecular flexibility index (Phi) is 4.25. The molecule has 0 aromatic carbocycles. The molecule has 0 aliphatic heterocycles. The highest BCUT2D eigenvalue weighted by Gasteiger charge is 2.02. The maximum atomic E-state index is 4.05. The molecule has 1 unspecified atom stereocenters. The summed E-state index contributed by atoms with van der Waals surface area (Å²) in [6.07, 6.45) is 4.26. The molecule has 0 aliphatic carbocycles. The van der Waals surface area contributed by atoms with Gasteiger partial charge in [-0.2, -0.15) is 0 Å². The normalized spacial score (nSPS) is 13.2. The van der Waals surface area contributed by atoms with Crippen LogP contribution in [0.5, 0.6) is 0 Å². The molecule has 1 aromatic rings. The molecule has 68 valence electrons. The van der Waals surface area contributed by atoms with Crippen molar-refractivity contribution in [3.8, 4) is 0 Å². The van der Waals surface area contributed by atoms with Crippen LogP contribution in [0.25, 0.3) is 0 Å². The molecule has 12 heavy (non-hydrogen) atoms. The Labute approximate surface area is 78.0 Å². The topological polar surface area (TPSA) is 24.9 Å². The summed E-state index contributed by atoms with van der Waals surface area (Å²) >= 11 is 1.73. The van der Waals surface area contributed by atoms with Crippen LogP contribution in [0, 0.1) is 0 Å². The van der Waals surface area contributed by atoms with Gasteiger partial charge in [-0.25, -0.2) is 0 Å². The molecule has 1 aromatic heterocycles. The van der Waals surface area contributed by atoms with Gasteiger partial charge in [-0.15, -0.1) is 11.3 Å². The van der Waals surface area contributed by atoms with Crippen molar-refractivity contribution in [3.63, 3.8) is 0 Å². The molecular formula is C9H16N2S. The van der Waals surface area contributed by atoms with Gasteiger partial charge in [-0.05, 0) is 26.3 Å². The second-order valence-electron chi connectivity index (χ2n) is 3.03. The quantitative estimate of drug-likeness (QED) is 0.758. The molecule has 0 bridgehead atoms. The first-order valence-corrected chi connectivity index (χ1v) is 5.31. The Balaban J connectivity index is 2.22. The van der Waals surface area contributed by atoms with E-state index in [4.69, 9.17) is 0 Å². The minimum Gasteiger partial charge on any atom is -0.314 e. The highest BCUT2D eigenvalue weighted by Crippen LogP contribution is 2.08. The Morgan fingerprint density at radius 1 is 1.67 bits per heavy atom. The molecule has 3 heteroatoms. The fourth-order valence-corrected chi connectivity index (χ4v) is 1.83. The van der Waals surface area contributed by atoms with E-state index < -0.39 is 0 Å². The first kappa shape index (κ1) is 9.68. The summed E-state index contributed by atoms with van der Waals surface area (Å²) in [6, 6.07) is 0.574. The van der Waals surface area contributed by atoms with E-state index in [1.54, 1.807) is 11.3 Å². The van der Waals surface area contributed by atoms with E-state index in [1.807, 2.05) is 11.7 Å². The van der Waals surface area contributed by atoms with Crippen LogP contribution in [0.4, 0.5) is 0 Å². The van der Waals surface area contributed by atoms with Gasteiger partial charge >= 0.3 is 0 Å². The van der Waals surface area contributed by atoms with E-state index in [-0.39, 0.29) is 0 Å². The van der Waals surface area contributed by atoms with E-state index in [0.717, 1.165) is 13.0 Å². The first-order chi connectivity index (χ1) is 5.83. The molecule has 0 saturated carbocycles. The van der Waals surface area contributed by atoms with Crippen molar-refractivity contribution < 1.29 is 0 Å². The highest BCUT2D eigenvalue weighted by molar-refractivity contribution is 7.09. The maximum Gasteiger partial charge on any atom is 0.0794 e. The largest absolute Gasteiger partial charge is 0.314 e. The Morgan fingerprint density at radius 2 is 2.50 bits per heavy atom. The lowest BCUT2D eigenvalue weighted by Crippen LogP contribution is -2.28. The summed E-state index contributed by atoms with van der Waals surface area (Å²) < 4.78 is 0. The van der Waals surface area contributed by atoms with Gasteiger partial charge in [0.2, 0.25) is 0 Å². The minimum absolute atomic E-state index is 0.574. The zero-order chi connectivity index (χ0) is 8.81. The van der Waals surface area contributed by atoms with Crippen LogP contribution in [0.15, 0.2) is 11.7 Å². The fraction of sp³-hybridized carbons (Fsp3) is 0.667. The van der Waals surface area contributed by atoms with E-state index in [0.29, 0.717) is 6.04 Å². The zero-order valence-electron chi connectivity index (χ0n) is 7.71. The Bertz CT molecular complexity index is 196. The van der Waals surface area contributed by atoms with Crippen LogP contribution in [0.1, 0.15) is 25.1 Å². The highest BCUT2D eigenvalue weighted by atomic mass is 32.1. The number of hydrogen-bond donors (Lipinski definition) is 1. The molecule has 0 amide bonds. The van der Waals surface area contributed by atoms with Crippen molar-refractivity contribution in [2.45, 2.75) is 32.7 Å². The molecule has 2 nitrogen and oxygen atoms in total. The maximum absolute atomic E-state index is 4.05. The monoisotopic (exact) mass is 184 g/mol. The van der Waals surface area contributed by atoms with Gasteiger partial charge < -0.3 is 5.32 Å². The van der Waals surface area contributed by atoms with Gasteiger partial charge in [0.25, 0.3) is 0 Å². The van der Waals surface area contributed by atoms with Crippen LogP contribution in [-0.4, -0.2) is 17.6 Å². The second-order valence-corrected chi connectivity index (χ2v) is 4.00. The van der Waals surface area contributed by atoms with Crippen molar-refractivity contribution in [2.75, 3.05) is 6.54 Å². The number of aromatic nitrogens is 1. The number of nitrogens with zero attached hydrogens (tertiary/aromatic N) is 1. The standard InChI is InChI=1S/C9H16N2S/c1-3-4-11-8(2)5-9-6-10-7-12-9/h6-8,11H,3-5H2,1-2H3. The van der Waals surface area contributed by atoms with Crippen molar-refractivity contribution in [3.05, 3.63) is 16.6 Å². The van der Waals surface area contributed by atoms with Gasteiger partial charge in [-0.1, -0.05) is 6.92 Å². The van der Waals surface area contributed by atoms with Crippen LogP contribution < -0.4 is 5.32 Å². The van der Waals surface area contributed by atoms with Crippen LogP contribution in [-0.2, 0) is 6.42 Å². The average Bonchev–Trinajstić information content (AvgIpc) is 2.53. The van der Waals surface area contributed by atoms with Crippen molar-refractivity contribution in [2.24, 2.45) is 0 Å². The smallest absolute Gasteiger partial charge is 0.0794 e. The number of hydrogen-bond acceptors (Lipinski definition) is 3. The summed E-state index contributed by atoms with van der Waals surface area (Å²) in [4.78, 5) is 5.41. The summed E-state index contributed by atoms with van der Waals surface area (Å²) in [5.74, 6) is 0. The number of rotatable bonds is 5. The minimum atomic E-state index is 0.574. The molecule has 0 saturated heterocycles. The second kappa shape index (κ2) is 5.27. The van der Waals surface area contributed by atoms with E-state index in [2.05, 4.69) is 24.1 Å². The predicted molar refractivity (Wildman–Crippen MR) is 53.6 cm³/mol. The fourth-order valence-electron chi connectivity index (χ4n) is 1.11. The lowest BCUT2D eigenvalue weighted by molar-refractivity contribution is 0.546. The number of thiazole rings is 1. The summed E-state index contributed by atoms with van der Waals surface area (Å²) in [6.45, 7) is 5.52. The van der Waals surface area contributed by atoms with Crippen molar-refractivity contribution in [1.82, 2.24) is 10.3 Å². The van der Waals surface area contributed by atoms with E-state index >= 15 is 0 Å². The third-order valence-electron chi connectivity index (χ3n) is 1.73. The summed E-state index contributed by atoms with van der Waals surface area (Å²) in [5, 5.41) is 3.45. The molecule has 0 spiro atoms. The molecule has 1 atom stereocenters. The van der Waals surface area contributed by atoms with Gasteiger partial charge in [0.05, 0.1) is 5.51 Å². The van der Waals surface area contributed by atoms with E-state index in [9.17, 15) is 0 Å². The average molecular weight is 184 g/mol. The van der Waals surface area contributed by atoms with Gasteiger partial charge in [0, 0.05) is 17.1 Å². The van der Waals surface area contributed by atoms with Crippen LogP contribution in [0.2, 0.25) is 0 Å². The van der Waals surface area contributed by atoms with Gasteiger partial charge in [-0.3, -0.25) is 4.98 Å². The van der Waals surface area contributed by atoms with E-state index in [1.165, 1.54) is 11.3 Å². The molecule has 1 rings (SSSR count). The summed E-state index contributed by atoms with van der Waals surface area (Å²) in [7, 11) is 0. The first-order valence-electron chi connectivity index (χ1n) is 4.43. The van der Waals surface area contributed by atoms with Crippen LogP contribution >= 0.6 is 11.3 Å². The SMILES string of the molecule is CCCNC(C)Cc1cncs1. The number of nitrogens with one attached hydrogen (secondary N) is 1. The molecule has 1 N–H and O–H groups in total. The van der Waals surface area contributed by atoms with Gasteiger partial charge in [0.15, 0.2) is 0 Å². The molecular weight excluding hydrogens is 168 g/mol. The molecule has 0 aliphatic rings. The Morgan fingerprint density at radius 3 is 3.08 bits per heavy atom. The third kappa shape index (κ3) is 3.32.